The monoisotopic (exact) mass is 537 g/mol. The molecule has 1 N–H and O–H groups in total. The number of alkyl halides is 3. The van der Waals surface area contributed by atoms with E-state index in [0.717, 1.165) is 16.8 Å². The van der Waals surface area contributed by atoms with Gasteiger partial charge in [0.05, 0.1) is 33.3 Å². The summed E-state index contributed by atoms with van der Waals surface area (Å²) >= 11 is 6.04. The van der Waals surface area contributed by atoms with E-state index in [2.05, 4.69) is 10.1 Å². The Balaban J connectivity index is 1.58. The van der Waals surface area contributed by atoms with Gasteiger partial charge < -0.3 is 9.52 Å². The highest BCUT2D eigenvalue weighted by Crippen LogP contribution is 2.32. The zero-order chi connectivity index (χ0) is 27.0. The topological polar surface area (TPSA) is 97.7 Å². The van der Waals surface area contributed by atoms with E-state index in [1.54, 1.807) is 36.4 Å². The van der Waals surface area contributed by atoms with Crippen LogP contribution in [0.4, 0.5) is 13.2 Å². The van der Waals surface area contributed by atoms with Crippen LogP contribution in [0.15, 0.2) is 93.2 Å². The first-order valence-corrected chi connectivity index (χ1v) is 11.4. The summed E-state index contributed by atoms with van der Waals surface area (Å²) in [6, 6.07) is 18.4. The number of carboxylic acid groups (broad SMARTS) is 1. The summed E-state index contributed by atoms with van der Waals surface area (Å²) in [5.41, 5.74) is -0.673. The molecule has 11 heteroatoms. The van der Waals surface area contributed by atoms with Gasteiger partial charge in [-0.15, -0.1) is 0 Å². The number of rotatable bonds is 5. The van der Waals surface area contributed by atoms with Crippen LogP contribution in [-0.4, -0.2) is 27.0 Å². The predicted octanol–water partition coefficient (Wildman–Crippen LogP) is 6.58. The molecule has 0 saturated heterocycles. The lowest BCUT2D eigenvalue weighted by atomic mass is 10.1. The summed E-state index contributed by atoms with van der Waals surface area (Å²) < 4.78 is 46.7. The average Bonchev–Trinajstić information content (AvgIpc) is 3.36. The normalized spacial score (nSPS) is 11.9. The van der Waals surface area contributed by atoms with Gasteiger partial charge in [0.2, 0.25) is 0 Å². The van der Waals surface area contributed by atoms with Gasteiger partial charge in [-0.1, -0.05) is 41.9 Å². The van der Waals surface area contributed by atoms with Gasteiger partial charge in [-0.05, 0) is 48.5 Å². The van der Waals surface area contributed by atoms with Crippen molar-refractivity contribution in [2.24, 2.45) is 5.10 Å². The number of para-hydroxylation sites is 1. The SMILES string of the molecule is O=C(O)c1ccc(-c2ccc(C=Nn3c(-c4cccc(C(F)(F)F)c4)nc4ccccc4c3=O)o2)cc1Cl. The molecule has 5 rings (SSSR count). The van der Waals surface area contributed by atoms with Crippen molar-refractivity contribution in [1.82, 2.24) is 9.66 Å². The van der Waals surface area contributed by atoms with E-state index >= 15 is 0 Å². The number of furan rings is 1. The quantitative estimate of drug-likeness (QED) is 0.255. The molecule has 0 unspecified atom stereocenters. The molecule has 0 aliphatic rings. The molecule has 0 saturated carbocycles. The second kappa shape index (κ2) is 9.64. The lowest BCUT2D eigenvalue weighted by molar-refractivity contribution is -0.137. The van der Waals surface area contributed by atoms with Crippen molar-refractivity contribution in [3.8, 4) is 22.7 Å². The van der Waals surface area contributed by atoms with Crippen molar-refractivity contribution in [1.29, 1.82) is 0 Å². The number of nitrogens with zero attached hydrogens (tertiary/aromatic N) is 3. The van der Waals surface area contributed by atoms with Gasteiger partial charge in [0.1, 0.15) is 11.5 Å². The molecule has 190 valence electrons. The van der Waals surface area contributed by atoms with Gasteiger partial charge in [0.25, 0.3) is 5.56 Å². The molecule has 0 amide bonds. The molecule has 0 atom stereocenters. The third-order valence-electron chi connectivity index (χ3n) is 5.61. The molecule has 2 heterocycles. The van der Waals surface area contributed by atoms with Crippen molar-refractivity contribution in [2.45, 2.75) is 6.18 Å². The number of fused-ring (bicyclic) bond motifs is 1. The molecule has 0 aliphatic carbocycles. The van der Waals surface area contributed by atoms with E-state index in [0.29, 0.717) is 16.8 Å². The average molecular weight is 538 g/mol. The Labute approximate surface area is 217 Å². The molecule has 0 bridgehead atoms. The number of benzene rings is 3. The minimum absolute atomic E-state index is 0.0288. The van der Waals surface area contributed by atoms with Crippen LogP contribution in [-0.2, 0) is 6.18 Å². The number of halogens is 4. The first-order valence-electron chi connectivity index (χ1n) is 11.0. The highest BCUT2D eigenvalue weighted by Gasteiger charge is 2.31. The van der Waals surface area contributed by atoms with E-state index in [4.69, 9.17) is 21.1 Å². The van der Waals surface area contributed by atoms with Crippen LogP contribution in [0.3, 0.4) is 0 Å². The minimum Gasteiger partial charge on any atom is -0.478 e. The van der Waals surface area contributed by atoms with Gasteiger partial charge in [-0.2, -0.15) is 22.9 Å². The fourth-order valence-electron chi connectivity index (χ4n) is 3.79. The summed E-state index contributed by atoms with van der Waals surface area (Å²) in [5.74, 6) is -0.681. The molecule has 0 spiro atoms. The van der Waals surface area contributed by atoms with Crippen LogP contribution in [0.5, 0.6) is 0 Å². The standard InChI is InChI=1S/C27H15ClF3N3O4/c28-21-13-15(8-10-19(21)26(36)37)23-11-9-18(38-23)14-32-34-24(16-4-3-5-17(12-16)27(29,30)31)33-22-7-2-1-6-20(22)25(34)35/h1-14H,(H,36,37). The molecule has 0 radical (unpaired) electrons. The summed E-state index contributed by atoms with van der Waals surface area (Å²) in [7, 11) is 0. The molecule has 5 aromatic rings. The number of hydrogen-bond donors (Lipinski definition) is 1. The van der Waals surface area contributed by atoms with Crippen molar-refractivity contribution in [2.75, 3.05) is 0 Å². The fraction of sp³-hybridized carbons (Fsp3) is 0.0370. The molecule has 7 nitrogen and oxygen atoms in total. The summed E-state index contributed by atoms with van der Waals surface area (Å²) in [6.07, 6.45) is -3.36. The van der Waals surface area contributed by atoms with Gasteiger partial charge in [0.15, 0.2) is 5.82 Å². The predicted molar refractivity (Wildman–Crippen MR) is 136 cm³/mol. The second-order valence-corrected chi connectivity index (χ2v) is 8.50. The maximum atomic E-state index is 13.3. The Morgan fingerprint density at radius 2 is 1.79 bits per heavy atom. The first-order chi connectivity index (χ1) is 18.1. The largest absolute Gasteiger partial charge is 0.478 e. The molecule has 38 heavy (non-hydrogen) atoms. The zero-order valence-corrected chi connectivity index (χ0v) is 19.9. The van der Waals surface area contributed by atoms with Gasteiger partial charge in [-0.25, -0.2) is 9.78 Å². The highest BCUT2D eigenvalue weighted by atomic mass is 35.5. The summed E-state index contributed by atoms with van der Waals surface area (Å²) in [4.78, 5) is 28.9. The Morgan fingerprint density at radius 1 is 1.00 bits per heavy atom. The van der Waals surface area contributed by atoms with Crippen LogP contribution >= 0.6 is 11.6 Å². The fourth-order valence-corrected chi connectivity index (χ4v) is 4.05. The van der Waals surface area contributed by atoms with Crippen molar-refractivity contribution in [3.05, 3.63) is 111 Å². The molecular weight excluding hydrogens is 523 g/mol. The van der Waals surface area contributed by atoms with Crippen molar-refractivity contribution >= 4 is 34.7 Å². The molecular formula is C27H15ClF3N3O4. The van der Waals surface area contributed by atoms with Crippen LogP contribution in [0.25, 0.3) is 33.6 Å². The minimum atomic E-state index is -4.59. The lowest BCUT2D eigenvalue weighted by Crippen LogP contribution is -2.20. The Kier molecular flexibility index (Phi) is 6.33. The number of hydrogen-bond acceptors (Lipinski definition) is 5. The molecule has 3 aromatic carbocycles. The van der Waals surface area contributed by atoms with E-state index < -0.39 is 23.3 Å². The molecule has 2 aromatic heterocycles. The number of carboxylic acids is 1. The zero-order valence-electron chi connectivity index (χ0n) is 19.1. The van der Waals surface area contributed by atoms with Gasteiger partial charge in [0, 0.05) is 11.1 Å². The van der Waals surface area contributed by atoms with Crippen LogP contribution < -0.4 is 5.56 Å². The van der Waals surface area contributed by atoms with E-state index in [1.807, 2.05) is 0 Å². The third-order valence-corrected chi connectivity index (χ3v) is 5.93. The van der Waals surface area contributed by atoms with Crippen molar-refractivity contribution < 1.29 is 27.5 Å². The first kappa shape index (κ1) is 25.0. The number of carbonyl (C=O) groups is 1. The second-order valence-electron chi connectivity index (χ2n) is 8.09. The Hall–Kier alpha value is -4.70. The molecule has 0 aliphatic heterocycles. The highest BCUT2D eigenvalue weighted by molar-refractivity contribution is 6.33. The molecule has 0 fully saturated rings. The van der Waals surface area contributed by atoms with E-state index in [1.165, 1.54) is 36.5 Å². The lowest BCUT2D eigenvalue weighted by Gasteiger charge is -2.11. The number of aromatic nitrogens is 2. The van der Waals surface area contributed by atoms with E-state index in [9.17, 15) is 22.8 Å². The van der Waals surface area contributed by atoms with Gasteiger partial charge in [-0.3, -0.25) is 4.79 Å². The maximum absolute atomic E-state index is 13.3. The maximum Gasteiger partial charge on any atom is 0.416 e. The Morgan fingerprint density at radius 3 is 2.53 bits per heavy atom. The van der Waals surface area contributed by atoms with Crippen LogP contribution in [0.1, 0.15) is 21.7 Å². The smallest absolute Gasteiger partial charge is 0.416 e. The third kappa shape index (κ3) is 4.81. The summed E-state index contributed by atoms with van der Waals surface area (Å²) in [6.45, 7) is 0. The Bertz CT molecular complexity index is 1790. The van der Waals surface area contributed by atoms with Crippen LogP contribution in [0.2, 0.25) is 5.02 Å². The number of aromatic carboxylic acids is 1. The van der Waals surface area contributed by atoms with Gasteiger partial charge >= 0.3 is 12.1 Å². The van der Waals surface area contributed by atoms with E-state index in [-0.39, 0.29) is 33.1 Å². The van der Waals surface area contributed by atoms with Crippen molar-refractivity contribution in [3.63, 3.8) is 0 Å². The van der Waals surface area contributed by atoms with Crippen LogP contribution in [0, 0.1) is 0 Å². The summed E-state index contributed by atoms with van der Waals surface area (Å²) in [5, 5.41) is 13.6.